The van der Waals surface area contributed by atoms with Crippen molar-refractivity contribution in [2.45, 2.75) is 19.6 Å². The molecule has 150 valence electrons. The van der Waals surface area contributed by atoms with Crippen LogP contribution < -0.4 is 21.3 Å². The van der Waals surface area contributed by atoms with Crippen LogP contribution in [0.25, 0.3) is 11.2 Å². The van der Waals surface area contributed by atoms with Crippen LogP contribution >= 0.6 is 0 Å². The van der Waals surface area contributed by atoms with Gasteiger partial charge in [0.05, 0.1) is 13.2 Å². The molecular weight excluding hydrogens is 366 g/mol. The predicted octanol–water partition coefficient (Wildman–Crippen LogP) is -0.424. The summed E-state index contributed by atoms with van der Waals surface area (Å²) in [6.07, 6.45) is -0.941. The van der Waals surface area contributed by atoms with E-state index >= 15 is 0 Å². The zero-order valence-electron chi connectivity index (χ0n) is 15.7. The van der Waals surface area contributed by atoms with Crippen LogP contribution in [0.3, 0.4) is 0 Å². The Balaban J connectivity index is 1.88. The van der Waals surface area contributed by atoms with Crippen molar-refractivity contribution in [2.24, 2.45) is 7.05 Å². The van der Waals surface area contributed by atoms with Gasteiger partial charge in [-0.2, -0.15) is 4.98 Å². The summed E-state index contributed by atoms with van der Waals surface area (Å²) in [5.74, 6) is 0.902. The van der Waals surface area contributed by atoms with Crippen molar-refractivity contribution < 1.29 is 14.9 Å². The molecule has 2 aromatic heterocycles. The zero-order valence-corrected chi connectivity index (χ0v) is 15.7. The van der Waals surface area contributed by atoms with E-state index in [1.54, 1.807) is 6.07 Å². The third-order valence-electron chi connectivity index (χ3n) is 4.23. The maximum absolute atomic E-state index is 12.3. The maximum Gasteiger partial charge on any atom is 0.329 e. The average Bonchev–Trinajstić information content (AvgIpc) is 3.02. The average molecular weight is 389 g/mol. The Bertz CT molecular complexity index is 1080. The highest BCUT2D eigenvalue weighted by atomic mass is 16.5. The molecule has 3 aromatic rings. The standard InChI is InChI=1S/C18H23N5O5/c1-11-4-3-5-13(8-11)28-10-12(25)9-23-14-15(20-17(23)19-6-7-24)22(2)18(27)21-16(14)26/h3-5,8,12,24-25H,6-7,9-10H2,1-2H3,(H,19,20)(H,21,26,27)/t12-/m0/s1. The maximum atomic E-state index is 12.3. The van der Waals surface area contributed by atoms with Gasteiger partial charge in [-0.05, 0) is 24.6 Å². The van der Waals surface area contributed by atoms with E-state index in [1.807, 2.05) is 25.1 Å². The summed E-state index contributed by atoms with van der Waals surface area (Å²) in [6, 6.07) is 7.45. The lowest BCUT2D eigenvalue weighted by atomic mass is 10.2. The minimum atomic E-state index is -0.941. The third kappa shape index (κ3) is 4.07. The predicted molar refractivity (Wildman–Crippen MR) is 104 cm³/mol. The fourth-order valence-corrected chi connectivity index (χ4v) is 2.88. The van der Waals surface area contributed by atoms with Gasteiger partial charge >= 0.3 is 5.69 Å². The van der Waals surface area contributed by atoms with Gasteiger partial charge in [-0.1, -0.05) is 12.1 Å². The van der Waals surface area contributed by atoms with Crippen LogP contribution in [0.15, 0.2) is 33.9 Å². The summed E-state index contributed by atoms with van der Waals surface area (Å²) in [6.45, 7) is 2.02. The van der Waals surface area contributed by atoms with Crippen molar-refractivity contribution >= 4 is 17.1 Å². The summed E-state index contributed by atoms with van der Waals surface area (Å²) >= 11 is 0. The Morgan fingerprint density at radius 2 is 2.14 bits per heavy atom. The summed E-state index contributed by atoms with van der Waals surface area (Å²) < 4.78 is 8.31. The molecule has 2 heterocycles. The number of hydrogen-bond acceptors (Lipinski definition) is 7. The minimum absolute atomic E-state index is 0.00619. The number of aromatic nitrogens is 4. The lowest BCUT2D eigenvalue weighted by Crippen LogP contribution is -2.31. The van der Waals surface area contributed by atoms with Gasteiger partial charge in [0.25, 0.3) is 5.56 Å². The van der Waals surface area contributed by atoms with Gasteiger partial charge in [-0.25, -0.2) is 4.79 Å². The fraction of sp³-hybridized carbons (Fsp3) is 0.389. The topological polar surface area (TPSA) is 134 Å². The molecule has 1 atom stereocenters. The number of rotatable bonds is 8. The van der Waals surface area contributed by atoms with Gasteiger partial charge < -0.3 is 24.8 Å². The van der Waals surface area contributed by atoms with E-state index in [-0.39, 0.29) is 43.4 Å². The Labute approximate surface area is 160 Å². The van der Waals surface area contributed by atoms with Gasteiger partial charge in [0.1, 0.15) is 18.5 Å². The zero-order chi connectivity index (χ0) is 20.3. The number of benzene rings is 1. The molecule has 0 spiro atoms. The van der Waals surface area contributed by atoms with Crippen LogP contribution in [-0.2, 0) is 13.6 Å². The lowest BCUT2D eigenvalue weighted by molar-refractivity contribution is 0.0938. The molecule has 4 N–H and O–H groups in total. The van der Waals surface area contributed by atoms with Crippen molar-refractivity contribution in [1.29, 1.82) is 0 Å². The highest BCUT2D eigenvalue weighted by molar-refractivity contribution is 5.74. The minimum Gasteiger partial charge on any atom is -0.491 e. The Hall–Kier alpha value is -3.11. The molecule has 0 aliphatic heterocycles. The molecule has 0 saturated heterocycles. The van der Waals surface area contributed by atoms with Crippen LogP contribution in [0.2, 0.25) is 0 Å². The number of hydrogen-bond donors (Lipinski definition) is 4. The molecule has 0 unspecified atom stereocenters. The molecule has 0 aliphatic carbocycles. The van der Waals surface area contributed by atoms with Crippen LogP contribution in [0, 0.1) is 6.92 Å². The lowest BCUT2D eigenvalue weighted by Gasteiger charge is -2.16. The number of aliphatic hydroxyl groups excluding tert-OH is 2. The number of anilines is 1. The monoisotopic (exact) mass is 389 g/mol. The molecule has 0 radical (unpaired) electrons. The first kappa shape index (κ1) is 19.6. The Morgan fingerprint density at radius 3 is 2.86 bits per heavy atom. The van der Waals surface area contributed by atoms with Crippen LogP contribution in [0.4, 0.5) is 5.95 Å². The number of aryl methyl sites for hydroxylation is 2. The van der Waals surface area contributed by atoms with E-state index in [2.05, 4.69) is 15.3 Å². The van der Waals surface area contributed by atoms with Crippen LogP contribution in [0.1, 0.15) is 5.56 Å². The number of nitrogens with zero attached hydrogens (tertiary/aromatic N) is 3. The van der Waals surface area contributed by atoms with Gasteiger partial charge in [-0.15, -0.1) is 0 Å². The second-order valence-electron chi connectivity index (χ2n) is 6.47. The van der Waals surface area contributed by atoms with Crippen molar-refractivity contribution in [3.63, 3.8) is 0 Å². The number of aromatic amines is 1. The molecule has 10 nitrogen and oxygen atoms in total. The Morgan fingerprint density at radius 1 is 1.36 bits per heavy atom. The summed E-state index contributed by atoms with van der Waals surface area (Å²) in [5, 5.41) is 22.4. The van der Waals surface area contributed by atoms with Gasteiger partial charge in [0, 0.05) is 13.6 Å². The molecule has 28 heavy (non-hydrogen) atoms. The van der Waals surface area contributed by atoms with Gasteiger partial charge in [0.2, 0.25) is 5.95 Å². The summed E-state index contributed by atoms with van der Waals surface area (Å²) in [4.78, 5) is 30.7. The molecule has 10 heteroatoms. The van der Waals surface area contributed by atoms with E-state index in [1.165, 1.54) is 16.2 Å². The Kier molecular flexibility index (Phi) is 5.81. The first-order valence-corrected chi connectivity index (χ1v) is 8.82. The van der Waals surface area contributed by atoms with Crippen molar-refractivity contribution in [3.05, 3.63) is 50.7 Å². The van der Waals surface area contributed by atoms with Gasteiger partial charge in [-0.3, -0.25) is 14.3 Å². The molecule has 0 amide bonds. The number of nitrogens with one attached hydrogen (secondary N) is 2. The molecule has 3 rings (SSSR count). The van der Waals surface area contributed by atoms with E-state index in [9.17, 15) is 14.7 Å². The van der Waals surface area contributed by atoms with Crippen molar-refractivity contribution in [3.8, 4) is 5.75 Å². The van der Waals surface area contributed by atoms with E-state index in [0.29, 0.717) is 5.75 Å². The highest BCUT2D eigenvalue weighted by Crippen LogP contribution is 2.17. The van der Waals surface area contributed by atoms with Crippen molar-refractivity contribution in [2.75, 3.05) is 25.1 Å². The summed E-state index contributed by atoms with van der Waals surface area (Å²) in [5.41, 5.74) is 0.183. The van der Waals surface area contributed by atoms with E-state index in [4.69, 9.17) is 9.84 Å². The van der Waals surface area contributed by atoms with Crippen molar-refractivity contribution in [1.82, 2.24) is 19.1 Å². The molecule has 0 bridgehead atoms. The SMILES string of the molecule is Cc1cccc(OC[C@@H](O)Cn2c(NCCO)nc3c2c(=O)[nH]c(=O)n3C)c1. The van der Waals surface area contributed by atoms with Crippen LogP contribution in [0.5, 0.6) is 5.75 Å². The number of ether oxygens (including phenoxy) is 1. The first-order chi connectivity index (χ1) is 13.4. The normalized spacial score (nSPS) is 12.3. The fourth-order valence-electron chi connectivity index (χ4n) is 2.88. The first-order valence-electron chi connectivity index (χ1n) is 8.82. The van der Waals surface area contributed by atoms with E-state index in [0.717, 1.165) is 5.56 Å². The summed E-state index contributed by atoms with van der Waals surface area (Å²) in [7, 11) is 1.49. The molecule has 0 saturated carbocycles. The quantitative estimate of drug-likeness (QED) is 0.411. The third-order valence-corrected chi connectivity index (χ3v) is 4.23. The molecule has 1 aromatic carbocycles. The molecule has 0 fully saturated rings. The number of H-pyrrole nitrogens is 1. The largest absolute Gasteiger partial charge is 0.491 e. The van der Waals surface area contributed by atoms with Gasteiger partial charge in [0.15, 0.2) is 11.2 Å². The highest BCUT2D eigenvalue weighted by Gasteiger charge is 2.19. The van der Waals surface area contributed by atoms with Crippen LogP contribution in [-0.4, -0.2) is 55.2 Å². The number of fused-ring (bicyclic) bond motifs is 1. The molecular formula is C18H23N5O5. The van der Waals surface area contributed by atoms with E-state index < -0.39 is 17.4 Å². The molecule has 0 aliphatic rings. The number of imidazole rings is 1. The second-order valence-corrected chi connectivity index (χ2v) is 6.47. The number of aliphatic hydroxyl groups is 2. The smallest absolute Gasteiger partial charge is 0.329 e. The second kappa shape index (κ2) is 8.28.